The Balaban J connectivity index is 1.58. The number of aryl methyl sites for hydroxylation is 1. The second-order valence-electron chi connectivity index (χ2n) is 6.15. The largest absolute Gasteiger partial charge is 0.343 e. The molecule has 0 saturated carbocycles. The highest BCUT2D eigenvalue weighted by atomic mass is 32.1. The molecule has 0 N–H and O–H groups in total. The molecule has 1 saturated heterocycles. The molecular weight excluding hydrogens is 331 g/mol. The van der Waals surface area contributed by atoms with Gasteiger partial charge in [-0.1, -0.05) is 5.21 Å². The first-order valence-corrected chi connectivity index (χ1v) is 8.76. The van der Waals surface area contributed by atoms with E-state index >= 15 is 0 Å². The molecule has 24 heavy (non-hydrogen) atoms. The third kappa shape index (κ3) is 4.15. The summed E-state index contributed by atoms with van der Waals surface area (Å²) in [6, 6.07) is 0.00621. The molecule has 9 heteroatoms. The van der Waals surface area contributed by atoms with E-state index in [1.54, 1.807) is 29.5 Å². The Morgan fingerprint density at radius 3 is 3.04 bits per heavy atom. The fourth-order valence-corrected chi connectivity index (χ4v) is 3.59. The summed E-state index contributed by atoms with van der Waals surface area (Å²) >= 11 is 1.60. The molecule has 0 aliphatic carbocycles. The monoisotopic (exact) mass is 352 g/mol. The third-order valence-electron chi connectivity index (χ3n) is 4.19. The number of carbonyl (C=O) groups excluding carboxylic acids is 1. The van der Waals surface area contributed by atoms with Gasteiger partial charge in [0.05, 0.1) is 16.9 Å². The zero-order valence-electron chi connectivity index (χ0n) is 13.8. The van der Waals surface area contributed by atoms with Crippen LogP contribution in [0.15, 0.2) is 17.8 Å². The predicted molar refractivity (Wildman–Crippen MR) is 88.2 cm³/mol. The molecule has 0 aromatic carbocycles. The van der Waals surface area contributed by atoms with Crippen LogP contribution in [0.1, 0.15) is 17.1 Å². The molecule has 1 fully saturated rings. The molecule has 2 aromatic heterocycles. The van der Waals surface area contributed by atoms with Gasteiger partial charge in [-0.25, -0.2) is 14.1 Å². The average Bonchev–Trinajstić information content (AvgIpc) is 3.23. The van der Waals surface area contributed by atoms with Crippen LogP contribution in [0, 0.1) is 6.92 Å². The number of thiazole rings is 1. The minimum atomic E-state index is -0.853. The van der Waals surface area contributed by atoms with Gasteiger partial charge in [0.1, 0.15) is 12.7 Å². The van der Waals surface area contributed by atoms with E-state index < -0.39 is 6.17 Å². The van der Waals surface area contributed by atoms with Crippen LogP contribution in [0.3, 0.4) is 0 Å². The SMILES string of the molecule is Cc1nc(CN2C[C@@H](F)C[C@H]2CN(C)C(=O)Cn2ccnn2)cs1. The molecule has 3 rings (SSSR count). The summed E-state index contributed by atoms with van der Waals surface area (Å²) in [4.78, 5) is 20.4. The van der Waals surface area contributed by atoms with Crippen molar-refractivity contribution in [3.8, 4) is 0 Å². The molecule has 1 aliphatic rings. The number of rotatable bonds is 6. The Kier molecular flexibility index (Phi) is 5.20. The average molecular weight is 352 g/mol. The molecule has 0 bridgehead atoms. The van der Waals surface area contributed by atoms with Crippen LogP contribution in [-0.4, -0.2) is 68.0 Å². The highest BCUT2D eigenvalue weighted by Crippen LogP contribution is 2.24. The van der Waals surface area contributed by atoms with Crippen LogP contribution in [-0.2, 0) is 17.9 Å². The zero-order valence-corrected chi connectivity index (χ0v) is 14.6. The molecule has 0 spiro atoms. The number of hydrogen-bond acceptors (Lipinski definition) is 6. The number of halogens is 1. The van der Waals surface area contributed by atoms with Gasteiger partial charge < -0.3 is 4.90 Å². The maximum absolute atomic E-state index is 13.9. The van der Waals surface area contributed by atoms with Crippen molar-refractivity contribution in [2.24, 2.45) is 0 Å². The molecular formula is C15H21FN6OS. The standard InChI is InChI=1S/C15H21FN6OS/c1-11-18-13(10-24-11)7-21-6-12(16)5-14(21)8-20(2)15(23)9-22-4-3-17-19-22/h3-4,10,12,14H,5-9H2,1-2H3/t12-,14-/m0/s1. The van der Waals surface area contributed by atoms with Crippen LogP contribution >= 0.6 is 11.3 Å². The summed E-state index contributed by atoms with van der Waals surface area (Å²) in [5.41, 5.74) is 0.966. The van der Waals surface area contributed by atoms with Crippen LogP contribution < -0.4 is 0 Å². The van der Waals surface area contributed by atoms with Crippen LogP contribution in [0.25, 0.3) is 0 Å². The lowest BCUT2D eigenvalue weighted by Crippen LogP contribution is -2.42. The quantitative estimate of drug-likeness (QED) is 0.779. The lowest BCUT2D eigenvalue weighted by Gasteiger charge is -2.28. The van der Waals surface area contributed by atoms with E-state index in [2.05, 4.69) is 20.2 Å². The smallest absolute Gasteiger partial charge is 0.244 e. The number of aromatic nitrogens is 4. The van der Waals surface area contributed by atoms with Gasteiger partial charge in [0, 0.05) is 44.3 Å². The maximum atomic E-state index is 13.9. The number of carbonyl (C=O) groups is 1. The van der Waals surface area contributed by atoms with Gasteiger partial charge >= 0.3 is 0 Å². The van der Waals surface area contributed by atoms with E-state index in [9.17, 15) is 9.18 Å². The summed E-state index contributed by atoms with van der Waals surface area (Å²) in [7, 11) is 1.75. The Hall–Kier alpha value is -1.87. The van der Waals surface area contributed by atoms with Gasteiger partial charge in [-0.15, -0.1) is 16.4 Å². The van der Waals surface area contributed by atoms with Crippen LogP contribution in [0.2, 0.25) is 0 Å². The molecule has 2 atom stereocenters. The number of likely N-dealkylation sites (tertiary alicyclic amines) is 1. The topological polar surface area (TPSA) is 67.2 Å². The summed E-state index contributed by atoms with van der Waals surface area (Å²) in [6.07, 6.45) is 2.78. The zero-order chi connectivity index (χ0) is 17.1. The van der Waals surface area contributed by atoms with E-state index in [1.807, 2.05) is 12.3 Å². The minimum Gasteiger partial charge on any atom is -0.343 e. The van der Waals surface area contributed by atoms with Gasteiger partial charge in [-0.05, 0) is 13.3 Å². The normalized spacial score (nSPS) is 21.3. The van der Waals surface area contributed by atoms with E-state index in [1.165, 1.54) is 10.9 Å². The van der Waals surface area contributed by atoms with E-state index in [4.69, 9.17) is 0 Å². The number of nitrogens with zero attached hydrogens (tertiary/aromatic N) is 6. The van der Waals surface area contributed by atoms with Crippen molar-refractivity contribution in [1.29, 1.82) is 0 Å². The lowest BCUT2D eigenvalue weighted by atomic mass is 10.2. The Morgan fingerprint density at radius 2 is 2.38 bits per heavy atom. The first-order chi connectivity index (χ1) is 11.5. The van der Waals surface area contributed by atoms with Crippen molar-refractivity contribution in [3.63, 3.8) is 0 Å². The van der Waals surface area contributed by atoms with Crippen LogP contribution in [0.5, 0.6) is 0 Å². The van der Waals surface area contributed by atoms with Crippen molar-refractivity contribution in [3.05, 3.63) is 28.5 Å². The molecule has 1 amide bonds. The molecule has 0 unspecified atom stereocenters. The number of likely N-dealkylation sites (N-methyl/N-ethyl adjacent to an activating group) is 1. The van der Waals surface area contributed by atoms with E-state index in [-0.39, 0.29) is 18.5 Å². The molecule has 130 valence electrons. The van der Waals surface area contributed by atoms with Gasteiger partial charge in [-0.2, -0.15) is 0 Å². The van der Waals surface area contributed by atoms with Crippen molar-refractivity contribution in [2.75, 3.05) is 20.1 Å². The second kappa shape index (κ2) is 7.35. The predicted octanol–water partition coefficient (Wildman–Crippen LogP) is 1.11. The maximum Gasteiger partial charge on any atom is 0.244 e. The Bertz CT molecular complexity index is 675. The third-order valence-corrected chi connectivity index (χ3v) is 5.01. The van der Waals surface area contributed by atoms with Gasteiger partial charge in [0.15, 0.2) is 0 Å². The van der Waals surface area contributed by atoms with Gasteiger partial charge in [0.25, 0.3) is 0 Å². The Labute approximate surface area is 144 Å². The van der Waals surface area contributed by atoms with Crippen molar-refractivity contribution in [2.45, 2.75) is 38.6 Å². The molecule has 3 heterocycles. The fraction of sp³-hybridized carbons (Fsp3) is 0.600. The van der Waals surface area contributed by atoms with E-state index in [0.717, 1.165) is 10.7 Å². The number of amides is 1. The number of alkyl halides is 1. The van der Waals surface area contributed by atoms with E-state index in [0.29, 0.717) is 26.1 Å². The summed E-state index contributed by atoms with van der Waals surface area (Å²) in [5, 5.41) is 10.5. The first-order valence-electron chi connectivity index (χ1n) is 7.88. The van der Waals surface area contributed by atoms with Crippen molar-refractivity contribution >= 4 is 17.2 Å². The summed E-state index contributed by atoms with van der Waals surface area (Å²) in [6.45, 7) is 3.63. The molecule has 2 aromatic rings. The van der Waals surface area contributed by atoms with Crippen molar-refractivity contribution < 1.29 is 9.18 Å². The summed E-state index contributed by atoms with van der Waals surface area (Å²) < 4.78 is 15.4. The summed E-state index contributed by atoms with van der Waals surface area (Å²) in [5.74, 6) is -0.0627. The fourth-order valence-electron chi connectivity index (χ4n) is 2.99. The highest BCUT2D eigenvalue weighted by molar-refractivity contribution is 7.09. The number of hydrogen-bond donors (Lipinski definition) is 0. The minimum absolute atomic E-state index is 0.00621. The van der Waals surface area contributed by atoms with Gasteiger partial charge in [0.2, 0.25) is 5.91 Å². The highest BCUT2D eigenvalue weighted by Gasteiger charge is 2.33. The molecule has 7 nitrogen and oxygen atoms in total. The molecule has 0 radical (unpaired) electrons. The first kappa shape index (κ1) is 17.0. The molecule has 1 aliphatic heterocycles. The van der Waals surface area contributed by atoms with Crippen LogP contribution in [0.4, 0.5) is 4.39 Å². The second-order valence-corrected chi connectivity index (χ2v) is 7.21. The Morgan fingerprint density at radius 1 is 1.54 bits per heavy atom. The lowest BCUT2D eigenvalue weighted by molar-refractivity contribution is -0.131. The van der Waals surface area contributed by atoms with Gasteiger partial charge in [-0.3, -0.25) is 9.69 Å². The van der Waals surface area contributed by atoms with Crippen molar-refractivity contribution in [1.82, 2.24) is 29.8 Å².